The molecule has 1 unspecified atom stereocenters. The molecule has 5 heteroatoms. The maximum atomic E-state index is 9.99. The van der Waals surface area contributed by atoms with Gasteiger partial charge in [-0.15, -0.1) is 22.7 Å². The molecule has 1 N–H and O–H groups in total. The summed E-state index contributed by atoms with van der Waals surface area (Å²) < 4.78 is 1.64. The third kappa shape index (κ3) is 2.04. The predicted octanol–water partition coefficient (Wildman–Crippen LogP) is 4.31. The molecule has 2 aromatic heterocycles. The summed E-state index contributed by atoms with van der Waals surface area (Å²) in [4.78, 5) is 0.900. The molecule has 0 fully saturated rings. The normalized spacial score (nSPS) is 13.1. The number of hydrogen-bond donors (Lipinski definition) is 1. The van der Waals surface area contributed by atoms with Crippen LogP contribution in [0.1, 0.15) is 16.5 Å². The minimum absolute atomic E-state index is 0.606. The zero-order chi connectivity index (χ0) is 10.1. The Bertz CT molecular complexity index is 437. The Morgan fingerprint density at radius 2 is 2.21 bits per heavy atom. The van der Waals surface area contributed by atoms with Gasteiger partial charge < -0.3 is 5.11 Å². The van der Waals surface area contributed by atoms with E-state index in [0.717, 1.165) is 14.9 Å². The molecule has 2 rings (SSSR count). The van der Waals surface area contributed by atoms with Crippen LogP contribution >= 0.6 is 50.2 Å². The van der Waals surface area contributed by atoms with Crippen molar-refractivity contribution in [3.8, 4) is 0 Å². The summed E-state index contributed by atoms with van der Waals surface area (Å²) in [6.45, 7) is 0. The maximum absolute atomic E-state index is 9.99. The van der Waals surface area contributed by atoms with E-state index >= 15 is 0 Å². The second kappa shape index (κ2) is 4.33. The molecule has 2 aromatic rings. The topological polar surface area (TPSA) is 20.2 Å². The van der Waals surface area contributed by atoms with Crippen LogP contribution in [0.15, 0.2) is 27.4 Å². The van der Waals surface area contributed by atoms with Crippen LogP contribution in [-0.4, -0.2) is 5.11 Å². The van der Waals surface area contributed by atoms with E-state index in [1.165, 1.54) is 22.7 Å². The zero-order valence-electron chi connectivity index (χ0n) is 6.91. The van der Waals surface area contributed by atoms with E-state index in [4.69, 9.17) is 11.6 Å². The molecule has 0 saturated carbocycles. The number of rotatable bonds is 2. The molecule has 0 aliphatic rings. The molecule has 0 bridgehead atoms. The van der Waals surface area contributed by atoms with Crippen molar-refractivity contribution in [1.29, 1.82) is 0 Å². The first-order valence-corrected chi connectivity index (χ1v) is 6.76. The minimum atomic E-state index is -0.606. The number of thiophene rings is 2. The second-order valence-electron chi connectivity index (χ2n) is 2.72. The molecule has 0 amide bonds. The van der Waals surface area contributed by atoms with Crippen LogP contribution in [0.2, 0.25) is 4.34 Å². The first kappa shape index (κ1) is 10.6. The summed E-state index contributed by atoms with van der Waals surface area (Å²) in [7, 11) is 0. The van der Waals surface area contributed by atoms with Crippen molar-refractivity contribution in [2.24, 2.45) is 0 Å². The van der Waals surface area contributed by atoms with E-state index in [1.54, 1.807) is 0 Å². The van der Waals surface area contributed by atoms with Crippen LogP contribution in [-0.2, 0) is 0 Å². The Labute approximate surface area is 103 Å². The molecular weight excluding hydrogens is 304 g/mol. The fourth-order valence-corrected chi connectivity index (χ4v) is 3.54. The average Bonchev–Trinajstić information content (AvgIpc) is 2.73. The summed E-state index contributed by atoms with van der Waals surface area (Å²) >= 11 is 12.2. The molecule has 1 nitrogen and oxygen atoms in total. The molecule has 0 aliphatic heterocycles. The SMILES string of the molecule is OC(c1cc(Br)cs1)c1ccsc1Cl. The van der Waals surface area contributed by atoms with Gasteiger partial charge in [0.2, 0.25) is 0 Å². The molecule has 0 aliphatic carbocycles. The van der Waals surface area contributed by atoms with E-state index in [-0.39, 0.29) is 0 Å². The summed E-state index contributed by atoms with van der Waals surface area (Å²) in [5.41, 5.74) is 0.783. The van der Waals surface area contributed by atoms with Gasteiger partial charge in [-0.1, -0.05) is 11.6 Å². The van der Waals surface area contributed by atoms with Gasteiger partial charge in [0.05, 0.1) is 4.34 Å². The lowest BCUT2D eigenvalue weighted by molar-refractivity contribution is 0.225. The highest BCUT2D eigenvalue weighted by Crippen LogP contribution is 2.35. The average molecular weight is 310 g/mol. The summed E-state index contributed by atoms with van der Waals surface area (Å²) in [6.07, 6.45) is -0.606. The molecule has 0 saturated heterocycles. The van der Waals surface area contributed by atoms with E-state index in [0.29, 0.717) is 4.34 Å². The molecule has 0 spiro atoms. The first-order valence-electron chi connectivity index (χ1n) is 3.83. The molecule has 14 heavy (non-hydrogen) atoms. The van der Waals surface area contributed by atoms with Crippen molar-refractivity contribution >= 4 is 50.2 Å². The Kier molecular flexibility index (Phi) is 3.29. The van der Waals surface area contributed by atoms with Crippen LogP contribution in [0.3, 0.4) is 0 Å². The van der Waals surface area contributed by atoms with Crippen LogP contribution in [0, 0.1) is 0 Å². The molecular formula is C9H6BrClOS2. The summed E-state index contributed by atoms with van der Waals surface area (Å²) in [5, 5.41) is 13.8. The molecule has 0 aromatic carbocycles. The number of aliphatic hydroxyl groups excluding tert-OH is 1. The lowest BCUT2D eigenvalue weighted by Crippen LogP contribution is -1.94. The van der Waals surface area contributed by atoms with E-state index in [1.807, 2.05) is 22.9 Å². The van der Waals surface area contributed by atoms with Gasteiger partial charge in [-0.2, -0.15) is 0 Å². The lowest BCUT2D eigenvalue weighted by atomic mass is 10.2. The van der Waals surface area contributed by atoms with Crippen LogP contribution in [0.5, 0.6) is 0 Å². The van der Waals surface area contributed by atoms with Gasteiger partial charge in [0.25, 0.3) is 0 Å². The Morgan fingerprint density at radius 1 is 1.43 bits per heavy atom. The number of halogens is 2. The van der Waals surface area contributed by atoms with Gasteiger partial charge in [-0.3, -0.25) is 0 Å². The van der Waals surface area contributed by atoms with Gasteiger partial charge in [-0.05, 0) is 33.4 Å². The Balaban J connectivity index is 2.33. The molecule has 74 valence electrons. The highest BCUT2D eigenvalue weighted by molar-refractivity contribution is 9.10. The quantitative estimate of drug-likeness (QED) is 0.876. The minimum Gasteiger partial charge on any atom is -0.383 e. The van der Waals surface area contributed by atoms with Crippen molar-refractivity contribution in [2.75, 3.05) is 0 Å². The van der Waals surface area contributed by atoms with Crippen LogP contribution in [0.25, 0.3) is 0 Å². The molecule has 1 atom stereocenters. The zero-order valence-corrected chi connectivity index (χ0v) is 10.9. The van der Waals surface area contributed by atoms with Crippen molar-refractivity contribution in [2.45, 2.75) is 6.10 Å². The summed E-state index contributed by atoms with van der Waals surface area (Å²) in [5.74, 6) is 0. The van der Waals surface area contributed by atoms with Crippen molar-refractivity contribution in [3.05, 3.63) is 42.1 Å². The fourth-order valence-electron chi connectivity index (χ4n) is 1.12. The smallest absolute Gasteiger partial charge is 0.115 e. The maximum Gasteiger partial charge on any atom is 0.115 e. The largest absolute Gasteiger partial charge is 0.383 e. The Morgan fingerprint density at radius 3 is 2.71 bits per heavy atom. The molecule has 2 heterocycles. The summed E-state index contributed by atoms with van der Waals surface area (Å²) in [6, 6.07) is 3.76. The monoisotopic (exact) mass is 308 g/mol. The number of aliphatic hydroxyl groups is 1. The standard InChI is InChI=1S/C9H6BrClOS2/c10-5-3-7(14-4-5)8(12)6-1-2-13-9(6)11/h1-4,8,12H. The van der Waals surface area contributed by atoms with Gasteiger partial charge in [0.15, 0.2) is 0 Å². The third-order valence-corrected chi connectivity index (χ3v) is 4.74. The van der Waals surface area contributed by atoms with Crippen LogP contribution < -0.4 is 0 Å². The van der Waals surface area contributed by atoms with Crippen molar-refractivity contribution in [1.82, 2.24) is 0 Å². The van der Waals surface area contributed by atoms with E-state index < -0.39 is 6.10 Å². The van der Waals surface area contributed by atoms with Gasteiger partial charge in [-0.25, -0.2) is 0 Å². The van der Waals surface area contributed by atoms with Crippen molar-refractivity contribution < 1.29 is 5.11 Å². The predicted molar refractivity (Wildman–Crippen MR) is 65.4 cm³/mol. The second-order valence-corrected chi connectivity index (χ2v) is 6.10. The fraction of sp³-hybridized carbons (Fsp3) is 0.111. The highest BCUT2D eigenvalue weighted by atomic mass is 79.9. The van der Waals surface area contributed by atoms with Crippen molar-refractivity contribution in [3.63, 3.8) is 0 Å². The van der Waals surface area contributed by atoms with Gasteiger partial charge >= 0.3 is 0 Å². The highest BCUT2D eigenvalue weighted by Gasteiger charge is 2.16. The first-order chi connectivity index (χ1) is 6.68. The van der Waals surface area contributed by atoms with Gasteiger partial charge in [0, 0.05) is 20.3 Å². The van der Waals surface area contributed by atoms with Gasteiger partial charge in [0.1, 0.15) is 6.10 Å². The third-order valence-electron chi connectivity index (χ3n) is 1.80. The molecule has 0 radical (unpaired) electrons. The van der Waals surface area contributed by atoms with E-state index in [2.05, 4.69) is 15.9 Å². The lowest BCUT2D eigenvalue weighted by Gasteiger charge is -2.06. The van der Waals surface area contributed by atoms with E-state index in [9.17, 15) is 5.11 Å². The Hall–Kier alpha value is 0.130. The van der Waals surface area contributed by atoms with Crippen LogP contribution in [0.4, 0.5) is 0 Å². The number of hydrogen-bond acceptors (Lipinski definition) is 3.